The van der Waals surface area contributed by atoms with Gasteiger partial charge in [0.05, 0.1) is 10.5 Å². The van der Waals surface area contributed by atoms with E-state index in [1.807, 2.05) is 6.26 Å². The number of nitro groups is 1. The number of benzene rings is 1. The molecule has 112 valence electrons. The molecular formula is C12H15F3N2O2S. The predicted octanol–water partition coefficient (Wildman–Crippen LogP) is 4.17. The SMILES string of the molecule is CSCCCCNc1ccc(C(F)(F)F)cc1[N+](=O)[O-]. The number of alkyl halides is 3. The molecule has 20 heavy (non-hydrogen) atoms. The number of halogens is 3. The van der Waals surface area contributed by atoms with Crippen LogP contribution in [0.15, 0.2) is 18.2 Å². The molecular weight excluding hydrogens is 293 g/mol. The van der Waals surface area contributed by atoms with Crippen LogP contribution in [0.5, 0.6) is 0 Å². The molecule has 0 amide bonds. The summed E-state index contributed by atoms with van der Waals surface area (Å²) in [6.07, 6.45) is -0.850. The van der Waals surface area contributed by atoms with Crippen LogP contribution in [-0.4, -0.2) is 23.5 Å². The Bertz CT molecular complexity index is 467. The van der Waals surface area contributed by atoms with Crippen molar-refractivity contribution in [2.75, 3.05) is 23.9 Å². The third-order valence-electron chi connectivity index (χ3n) is 2.61. The fraction of sp³-hybridized carbons (Fsp3) is 0.500. The third kappa shape index (κ3) is 4.92. The number of nitrogens with zero attached hydrogens (tertiary/aromatic N) is 1. The Balaban J connectivity index is 2.78. The molecule has 0 saturated carbocycles. The lowest BCUT2D eigenvalue weighted by atomic mass is 10.1. The molecule has 1 aromatic carbocycles. The molecule has 8 heteroatoms. The zero-order valence-electron chi connectivity index (χ0n) is 10.9. The van der Waals surface area contributed by atoms with Crippen LogP contribution < -0.4 is 5.32 Å². The first-order chi connectivity index (χ1) is 9.36. The summed E-state index contributed by atoms with van der Waals surface area (Å²) in [6.45, 7) is 0.493. The maximum atomic E-state index is 12.5. The average Bonchev–Trinajstić information content (AvgIpc) is 2.37. The molecule has 0 unspecified atom stereocenters. The minimum absolute atomic E-state index is 0.118. The van der Waals surface area contributed by atoms with Crippen LogP contribution in [0.25, 0.3) is 0 Å². The third-order valence-corrected chi connectivity index (χ3v) is 3.31. The van der Waals surface area contributed by atoms with E-state index in [2.05, 4.69) is 5.32 Å². The highest BCUT2D eigenvalue weighted by Gasteiger charge is 2.32. The summed E-state index contributed by atoms with van der Waals surface area (Å²) in [5.74, 6) is 0.983. The van der Waals surface area contributed by atoms with E-state index >= 15 is 0 Å². The van der Waals surface area contributed by atoms with E-state index in [0.29, 0.717) is 12.6 Å². The number of nitro benzene ring substituents is 1. The van der Waals surface area contributed by atoms with Crippen LogP contribution in [-0.2, 0) is 6.18 Å². The summed E-state index contributed by atoms with van der Waals surface area (Å²) in [4.78, 5) is 10.0. The largest absolute Gasteiger partial charge is 0.416 e. The number of unbranched alkanes of at least 4 members (excludes halogenated alkanes) is 1. The lowest BCUT2D eigenvalue weighted by Crippen LogP contribution is -2.09. The summed E-state index contributed by atoms with van der Waals surface area (Å²) in [5.41, 5.74) is -1.45. The van der Waals surface area contributed by atoms with Crippen LogP contribution >= 0.6 is 11.8 Å². The van der Waals surface area contributed by atoms with Crippen molar-refractivity contribution in [2.45, 2.75) is 19.0 Å². The van der Waals surface area contributed by atoms with Gasteiger partial charge in [0.1, 0.15) is 5.69 Å². The van der Waals surface area contributed by atoms with E-state index < -0.39 is 22.4 Å². The summed E-state index contributed by atoms with van der Waals surface area (Å²) >= 11 is 1.70. The normalized spacial score (nSPS) is 11.4. The fourth-order valence-corrected chi connectivity index (χ4v) is 2.10. The monoisotopic (exact) mass is 308 g/mol. The lowest BCUT2D eigenvalue weighted by Gasteiger charge is -2.10. The van der Waals surface area contributed by atoms with Crippen LogP contribution in [0.4, 0.5) is 24.5 Å². The molecule has 1 N–H and O–H groups in total. The topological polar surface area (TPSA) is 55.2 Å². The Morgan fingerprint density at radius 2 is 2.05 bits per heavy atom. The van der Waals surface area contributed by atoms with E-state index in [4.69, 9.17) is 0 Å². The predicted molar refractivity (Wildman–Crippen MR) is 74.2 cm³/mol. The van der Waals surface area contributed by atoms with E-state index in [1.54, 1.807) is 11.8 Å². The molecule has 0 radical (unpaired) electrons. The second kappa shape index (κ2) is 7.37. The zero-order valence-corrected chi connectivity index (χ0v) is 11.7. The second-order valence-corrected chi connectivity index (χ2v) is 5.10. The highest BCUT2D eigenvalue weighted by atomic mass is 32.2. The molecule has 0 aliphatic rings. The molecule has 0 aliphatic heterocycles. The maximum Gasteiger partial charge on any atom is 0.416 e. The van der Waals surface area contributed by atoms with Gasteiger partial charge in [0.2, 0.25) is 0 Å². The zero-order chi connectivity index (χ0) is 15.2. The fourth-order valence-electron chi connectivity index (χ4n) is 1.60. The van der Waals surface area contributed by atoms with Gasteiger partial charge in [-0.2, -0.15) is 24.9 Å². The van der Waals surface area contributed by atoms with Gasteiger partial charge >= 0.3 is 6.18 Å². The Kier molecular flexibility index (Phi) is 6.12. The van der Waals surface area contributed by atoms with Gasteiger partial charge in [-0.25, -0.2) is 0 Å². The number of thioether (sulfide) groups is 1. The van der Waals surface area contributed by atoms with Crippen molar-refractivity contribution in [3.05, 3.63) is 33.9 Å². The number of hydrogen-bond donors (Lipinski definition) is 1. The first-order valence-electron chi connectivity index (χ1n) is 5.94. The average molecular weight is 308 g/mol. The second-order valence-electron chi connectivity index (χ2n) is 4.11. The highest BCUT2D eigenvalue weighted by molar-refractivity contribution is 7.98. The Labute approximate surface area is 118 Å². The summed E-state index contributed by atoms with van der Waals surface area (Å²) in [6, 6.07) is 2.51. The Morgan fingerprint density at radius 3 is 2.60 bits per heavy atom. The van der Waals surface area contributed by atoms with Crippen molar-refractivity contribution in [1.29, 1.82) is 0 Å². The van der Waals surface area contributed by atoms with Crippen molar-refractivity contribution < 1.29 is 18.1 Å². The van der Waals surface area contributed by atoms with E-state index in [-0.39, 0.29) is 5.69 Å². The van der Waals surface area contributed by atoms with Crippen molar-refractivity contribution in [3.8, 4) is 0 Å². The van der Waals surface area contributed by atoms with Gasteiger partial charge in [0.25, 0.3) is 5.69 Å². The van der Waals surface area contributed by atoms with Crippen LogP contribution in [0.3, 0.4) is 0 Å². The summed E-state index contributed by atoms with van der Waals surface area (Å²) < 4.78 is 37.5. The minimum Gasteiger partial charge on any atom is -0.379 e. The van der Waals surface area contributed by atoms with Crippen molar-refractivity contribution in [2.24, 2.45) is 0 Å². The molecule has 0 saturated heterocycles. The lowest BCUT2D eigenvalue weighted by molar-refractivity contribution is -0.384. The first kappa shape index (κ1) is 16.6. The molecule has 0 bridgehead atoms. The maximum absolute atomic E-state index is 12.5. The van der Waals surface area contributed by atoms with Gasteiger partial charge < -0.3 is 5.32 Å². The van der Waals surface area contributed by atoms with Crippen LogP contribution in [0.1, 0.15) is 18.4 Å². The number of nitrogens with one attached hydrogen (secondary N) is 1. The van der Waals surface area contributed by atoms with Gasteiger partial charge in [-0.05, 0) is 37.0 Å². The molecule has 1 rings (SSSR count). The number of hydrogen-bond acceptors (Lipinski definition) is 4. The minimum atomic E-state index is -4.58. The molecule has 0 atom stereocenters. The van der Waals surface area contributed by atoms with Crippen molar-refractivity contribution in [3.63, 3.8) is 0 Å². The molecule has 4 nitrogen and oxygen atoms in total. The number of anilines is 1. The number of rotatable bonds is 7. The Morgan fingerprint density at radius 1 is 1.35 bits per heavy atom. The van der Waals surface area contributed by atoms with Crippen molar-refractivity contribution in [1.82, 2.24) is 0 Å². The van der Waals surface area contributed by atoms with Crippen molar-refractivity contribution >= 4 is 23.1 Å². The molecule has 0 heterocycles. The standard InChI is InChI=1S/C12H15F3N2O2S/c1-20-7-3-2-6-16-10-5-4-9(12(13,14)15)8-11(10)17(18)19/h4-5,8,16H,2-3,6-7H2,1H3. The molecule has 0 fully saturated rings. The van der Waals surface area contributed by atoms with Gasteiger partial charge in [-0.15, -0.1) is 0 Å². The van der Waals surface area contributed by atoms with E-state index in [1.165, 1.54) is 0 Å². The molecule has 0 aliphatic carbocycles. The molecule has 1 aromatic rings. The van der Waals surface area contributed by atoms with Crippen LogP contribution in [0, 0.1) is 10.1 Å². The summed E-state index contributed by atoms with van der Waals surface area (Å²) in [7, 11) is 0. The molecule has 0 spiro atoms. The van der Waals surface area contributed by atoms with E-state index in [9.17, 15) is 23.3 Å². The van der Waals surface area contributed by atoms with Gasteiger partial charge in [-0.1, -0.05) is 0 Å². The van der Waals surface area contributed by atoms with Gasteiger partial charge in [-0.3, -0.25) is 10.1 Å². The quantitative estimate of drug-likeness (QED) is 0.466. The Hall–Kier alpha value is -1.44. The first-order valence-corrected chi connectivity index (χ1v) is 7.34. The smallest absolute Gasteiger partial charge is 0.379 e. The van der Waals surface area contributed by atoms with Gasteiger partial charge in [0.15, 0.2) is 0 Å². The highest BCUT2D eigenvalue weighted by Crippen LogP contribution is 2.34. The van der Waals surface area contributed by atoms with Gasteiger partial charge in [0, 0.05) is 12.6 Å². The summed E-state index contributed by atoms with van der Waals surface area (Å²) in [5, 5.41) is 13.6. The van der Waals surface area contributed by atoms with E-state index in [0.717, 1.165) is 30.7 Å². The molecule has 0 aromatic heterocycles. The van der Waals surface area contributed by atoms with Crippen LogP contribution in [0.2, 0.25) is 0 Å².